The van der Waals surface area contributed by atoms with Crippen LogP contribution in [0.2, 0.25) is 0 Å². The summed E-state index contributed by atoms with van der Waals surface area (Å²) in [6.07, 6.45) is 2.26. The first-order valence-corrected chi connectivity index (χ1v) is 10.4. The van der Waals surface area contributed by atoms with E-state index in [1.54, 1.807) is 55.6 Å². The van der Waals surface area contributed by atoms with Crippen LogP contribution in [-0.4, -0.2) is 66.9 Å². The van der Waals surface area contributed by atoms with Crippen molar-refractivity contribution in [1.82, 2.24) is 5.32 Å². The smallest absolute Gasteiger partial charge is 0.414 e. The van der Waals surface area contributed by atoms with Crippen LogP contribution in [0.5, 0.6) is 5.75 Å². The number of amides is 2. The molecule has 0 aliphatic carbocycles. The minimum absolute atomic E-state index is 0.161. The zero-order valence-corrected chi connectivity index (χ0v) is 18.6. The molecule has 1 unspecified atom stereocenters. The summed E-state index contributed by atoms with van der Waals surface area (Å²) < 4.78 is 10.6. The maximum Gasteiger partial charge on any atom is 0.414 e. The molecule has 3 rings (SSSR count). The van der Waals surface area contributed by atoms with E-state index in [-0.39, 0.29) is 24.5 Å². The summed E-state index contributed by atoms with van der Waals surface area (Å²) in [5, 5.41) is 23.5. The molecule has 11 nitrogen and oxygen atoms in total. The minimum Gasteiger partial charge on any atom is -0.497 e. The number of ether oxygens (including phenoxy) is 2. The van der Waals surface area contributed by atoms with E-state index < -0.39 is 11.9 Å². The fraction of sp³-hybridized carbons (Fsp3) is 0.304. The lowest BCUT2D eigenvalue weighted by atomic mass is 10.1. The number of aliphatic carboxylic acids is 2. The third-order valence-corrected chi connectivity index (χ3v) is 4.66. The van der Waals surface area contributed by atoms with Gasteiger partial charge >= 0.3 is 11.9 Å². The van der Waals surface area contributed by atoms with E-state index in [9.17, 15) is 9.59 Å². The summed E-state index contributed by atoms with van der Waals surface area (Å²) in [7, 11) is 1.59. The lowest BCUT2D eigenvalue weighted by molar-refractivity contribution is -0.159. The molecular weight excluding hydrogens is 446 g/mol. The molecule has 1 aliphatic heterocycles. The number of carbonyl (C=O) groups is 4. The van der Waals surface area contributed by atoms with Gasteiger partial charge in [-0.2, -0.15) is 0 Å². The van der Waals surface area contributed by atoms with Gasteiger partial charge in [-0.15, -0.1) is 0 Å². The van der Waals surface area contributed by atoms with Crippen LogP contribution in [0.25, 0.3) is 0 Å². The maximum atomic E-state index is 12.6. The molecule has 34 heavy (non-hydrogen) atoms. The Hall–Kier alpha value is -3.96. The number of nitrogens with one attached hydrogen (secondary N) is 3. The van der Waals surface area contributed by atoms with Crippen LogP contribution in [0.15, 0.2) is 48.5 Å². The van der Waals surface area contributed by atoms with Gasteiger partial charge in [-0.3, -0.25) is 9.59 Å². The van der Waals surface area contributed by atoms with Crippen molar-refractivity contribution in [3.05, 3.63) is 54.1 Å². The Morgan fingerprint density at radius 3 is 2.26 bits per heavy atom. The second-order valence-corrected chi connectivity index (χ2v) is 7.15. The van der Waals surface area contributed by atoms with Crippen molar-refractivity contribution in [2.75, 3.05) is 37.4 Å². The zero-order valence-electron chi connectivity index (χ0n) is 18.6. The molecule has 1 aliphatic rings. The molecule has 2 aromatic rings. The SMILES string of the molecule is COc1ccc(NC(=O)c2ccccc2NC(=O)CNCC2CCCO2)cc1.O=C(O)C(=O)O. The van der Waals surface area contributed by atoms with Crippen LogP contribution in [0.3, 0.4) is 0 Å². The average molecular weight is 473 g/mol. The summed E-state index contributed by atoms with van der Waals surface area (Å²) in [5.41, 5.74) is 1.51. The Bertz CT molecular complexity index is 976. The molecule has 0 bridgehead atoms. The number of hydrogen-bond acceptors (Lipinski definition) is 7. The monoisotopic (exact) mass is 473 g/mol. The summed E-state index contributed by atoms with van der Waals surface area (Å²) >= 11 is 0. The second-order valence-electron chi connectivity index (χ2n) is 7.15. The van der Waals surface area contributed by atoms with Gasteiger partial charge in [0.05, 0.1) is 31.0 Å². The van der Waals surface area contributed by atoms with E-state index in [1.165, 1.54) is 0 Å². The Kier molecular flexibility index (Phi) is 10.5. The number of carboxylic acid groups (broad SMARTS) is 2. The van der Waals surface area contributed by atoms with Crippen molar-refractivity contribution in [3.8, 4) is 5.75 Å². The Labute approximate surface area is 196 Å². The van der Waals surface area contributed by atoms with Crippen molar-refractivity contribution in [2.45, 2.75) is 18.9 Å². The average Bonchev–Trinajstić information content (AvgIpc) is 3.34. The van der Waals surface area contributed by atoms with Gasteiger partial charge in [0.2, 0.25) is 5.91 Å². The van der Waals surface area contributed by atoms with Gasteiger partial charge in [-0.25, -0.2) is 9.59 Å². The van der Waals surface area contributed by atoms with E-state index in [0.29, 0.717) is 29.2 Å². The molecule has 1 fully saturated rings. The van der Waals surface area contributed by atoms with Crippen molar-refractivity contribution >= 4 is 35.1 Å². The van der Waals surface area contributed by atoms with Gasteiger partial charge in [0.1, 0.15) is 5.75 Å². The molecule has 0 aromatic heterocycles. The van der Waals surface area contributed by atoms with Gasteiger partial charge in [-0.05, 0) is 49.2 Å². The Morgan fingerprint density at radius 2 is 1.68 bits per heavy atom. The predicted octanol–water partition coefficient (Wildman–Crippen LogP) is 1.81. The minimum atomic E-state index is -1.82. The molecule has 5 N–H and O–H groups in total. The van der Waals surface area contributed by atoms with E-state index in [1.807, 2.05) is 0 Å². The Balaban J connectivity index is 0.000000604. The van der Waals surface area contributed by atoms with Crippen molar-refractivity contribution in [2.24, 2.45) is 0 Å². The number of carboxylic acids is 2. The predicted molar refractivity (Wildman–Crippen MR) is 123 cm³/mol. The highest BCUT2D eigenvalue weighted by molar-refractivity contribution is 6.27. The molecule has 1 saturated heterocycles. The molecule has 1 heterocycles. The molecule has 0 spiro atoms. The van der Waals surface area contributed by atoms with Gasteiger partial charge in [0, 0.05) is 18.8 Å². The third-order valence-electron chi connectivity index (χ3n) is 4.66. The molecule has 0 saturated carbocycles. The quantitative estimate of drug-likeness (QED) is 0.360. The van der Waals surface area contributed by atoms with Crippen molar-refractivity contribution in [3.63, 3.8) is 0 Å². The molecule has 2 aromatic carbocycles. The first-order chi connectivity index (χ1) is 16.3. The van der Waals surface area contributed by atoms with Gasteiger partial charge in [-0.1, -0.05) is 12.1 Å². The first-order valence-electron chi connectivity index (χ1n) is 10.4. The first kappa shape index (κ1) is 26.3. The number of rotatable bonds is 8. The van der Waals surface area contributed by atoms with E-state index in [4.69, 9.17) is 29.3 Å². The number of para-hydroxylation sites is 1. The number of hydrogen-bond donors (Lipinski definition) is 5. The largest absolute Gasteiger partial charge is 0.497 e. The molecule has 0 radical (unpaired) electrons. The van der Waals surface area contributed by atoms with Gasteiger partial charge in [0.25, 0.3) is 5.91 Å². The van der Waals surface area contributed by atoms with Crippen LogP contribution in [-0.2, 0) is 19.1 Å². The topological polar surface area (TPSA) is 163 Å². The normalized spacial score (nSPS) is 14.3. The van der Waals surface area contributed by atoms with Crippen LogP contribution in [0.1, 0.15) is 23.2 Å². The highest BCUT2D eigenvalue weighted by atomic mass is 16.5. The lowest BCUT2D eigenvalue weighted by Crippen LogP contribution is -2.34. The summed E-state index contributed by atoms with van der Waals surface area (Å²) in [6.45, 7) is 1.59. The van der Waals surface area contributed by atoms with Crippen LogP contribution in [0, 0.1) is 0 Å². The summed E-state index contributed by atoms with van der Waals surface area (Å²) in [4.78, 5) is 43.1. The van der Waals surface area contributed by atoms with Gasteiger partial charge < -0.3 is 35.6 Å². The third kappa shape index (κ3) is 8.88. The number of anilines is 2. The van der Waals surface area contributed by atoms with Crippen LogP contribution >= 0.6 is 0 Å². The molecule has 1 atom stereocenters. The summed E-state index contributed by atoms with van der Waals surface area (Å²) in [5.74, 6) is -3.44. The fourth-order valence-electron chi connectivity index (χ4n) is 3.01. The van der Waals surface area contributed by atoms with Crippen LogP contribution in [0.4, 0.5) is 11.4 Å². The number of methoxy groups -OCH3 is 1. The highest BCUT2D eigenvalue weighted by Gasteiger charge is 2.16. The standard InChI is InChI=1S/C21H25N3O4.C2H2O4/c1-27-16-10-8-15(9-11-16)23-21(26)18-6-2-3-7-19(18)24-20(25)14-22-13-17-5-4-12-28-17;3-1(4)2(5)6/h2-3,6-11,17,22H,4-5,12-14H2,1H3,(H,23,26)(H,24,25);(H,3,4)(H,5,6). The zero-order chi connectivity index (χ0) is 24.9. The van der Waals surface area contributed by atoms with Crippen molar-refractivity contribution < 1.29 is 38.9 Å². The van der Waals surface area contributed by atoms with Crippen LogP contribution < -0.4 is 20.7 Å². The highest BCUT2D eigenvalue weighted by Crippen LogP contribution is 2.19. The lowest BCUT2D eigenvalue weighted by Gasteiger charge is -2.13. The van der Waals surface area contributed by atoms with E-state index in [2.05, 4.69) is 16.0 Å². The van der Waals surface area contributed by atoms with Crippen molar-refractivity contribution in [1.29, 1.82) is 0 Å². The second kappa shape index (κ2) is 13.6. The number of benzene rings is 2. The summed E-state index contributed by atoms with van der Waals surface area (Å²) in [6, 6.07) is 14.0. The molecular formula is C23H27N3O8. The Morgan fingerprint density at radius 1 is 1.00 bits per heavy atom. The molecule has 182 valence electrons. The van der Waals surface area contributed by atoms with E-state index in [0.717, 1.165) is 19.4 Å². The van der Waals surface area contributed by atoms with E-state index >= 15 is 0 Å². The number of carbonyl (C=O) groups excluding carboxylic acids is 2. The maximum absolute atomic E-state index is 12.6. The molecule has 11 heteroatoms. The van der Waals surface area contributed by atoms with Gasteiger partial charge in [0.15, 0.2) is 0 Å². The fourth-order valence-corrected chi connectivity index (χ4v) is 3.01. The molecule has 2 amide bonds.